The number of nitrogens with zero attached hydrogens (tertiary/aromatic N) is 7. The molecule has 2 aromatic rings. The van der Waals surface area contributed by atoms with E-state index < -0.39 is 5.82 Å². The van der Waals surface area contributed by atoms with Gasteiger partial charge in [-0.05, 0) is 38.8 Å². The van der Waals surface area contributed by atoms with Gasteiger partial charge in [0.05, 0.1) is 18.9 Å². The molecule has 0 amide bonds. The summed E-state index contributed by atoms with van der Waals surface area (Å²) in [5.74, 6) is 2.54. The smallest absolute Gasteiger partial charge is 0.225 e. The molecule has 8 heteroatoms. The Hall–Kier alpha value is -2.09. The summed E-state index contributed by atoms with van der Waals surface area (Å²) in [4.78, 5) is 12.8. The molecule has 0 radical (unpaired) electrons. The highest BCUT2D eigenvalue weighted by molar-refractivity contribution is 5.31. The number of aromatic nitrogens is 5. The largest absolute Gasteiger partial charge is 0.340 e. The Morgan fingerprint density at radius 1 is 1.08 bits per heavy atom. The molecule has 0 aromatic carbocycles. The van der Waals surface area contributed by atoms with Crippen LogP contribution in [0.3, 0.4) is 0 Å². The molecule has 4 heterocycles. The molecule has 0 N–H and O–H groups in total. The first-order chi connectivity index (χ1) is 12.2. The van der Waals surface area contributed by atoms with Crippen molar-refractivity contribution in [3.05, 3.63) is 29.9 Å². The molecule has 4 rings (SSSR count). The predicted octanol–water partition coefficient (Wildman–Crippen LogP) is 1.72. The van der Waals surface area contributed by atoms with Crippen molar-refractivity contribution in [2.24, 2.45) is 7.05 Å². The minimum absolute atomic E-state index is 0.298. The van der Waals surface area contributed by atoms with Gasteiger partial charge in [0.15, 0.2) is 5.82 Å². The molecule has 2 aliphatic rings. The third-order valence-corrected chi connectivity index (χ3v) is 5.24. The van der Waals surface area contributed by atoms with E-state index in [0.29, 0.717) is 11.9 Å². The average molecular weight is 345 g/mol. The molecule has 7 nitrogen and oxygen atoms in total. The molecular formula is C17H24FN7. The van der Waals surface area contributed by atoms with E-state index in [1.807, 2.05) is 0 Å². The number of hydrogen-bond acceptors (Lipinski definition) is 6. The highest BCUT2D eigenvalue weighted by Gasteiger charge is 2.27. The van der Waals surface area contributed by atoms with Gasteiger partial charge in [-0.25, -0.2) is 14.4 Å². The van der Waals surface area contributed by atoms with Gasteiger partial charge < -0.3 is 9.47 Å². The van der Waals surface area contributed by atoms with Crippen LogP contribution >= 0.6 is 0 Å². The number of anilines is 1. The van der Waals surface area contributed by atoms with Crippen molar-refractivity contribution in [1.82, 2.24) is 29.6 Å². The molecule has 0 aliphatic carbocycles. The van der Waals surface area contributed by atoms with Crippen LogP contribution in [-0.4, -0.2) is 55.8 Å². The van der Waals surface area contributed by atoms with Crippen LogP contribution in [0.15, 0.2) is 12.4 Å². The minimum Gasteiger partial charge on any atom is -0.340 e. The van der Waals surface area contributed by atoms with Crippen LogP contribution in [0.2, 0.25) is 0 Å². The molecule has 2 saturated heterocycles. The first-order valence-corrected chi connectivity index (χ1v) is 9.04. The van der Waals surface area contributed by atoms with Gasteiger partial charge in [0, 0.05) is 26.1 Å². The quantitative estimate of drug-likeness (QED) is 0.841. The number of rotatable bonds is 4. The summed E-state index contributed by atoms with van der Waals surface area (Å²) >= 11 is 0. The summed E-state index contributed by atoms with van der Waals surface area (Å²) in [5, 5.41) is 8.92. The number of hydrogen-bond donors (Lipinski definition) is 0. The molecule has 2 aliphatic heterocycles. The normalized spacial score (nSPS) is 21.8. The zero-order chi connectivity index (χ0) is 17.2. The average Bonchev–Trinajstić information content (AvgIpc) is 3.27. The zero-order valence-corrected chi connectivity index (χ0v) is 14.6. The molecular weight excluding hydrogens is 321 g/mol. The van der Waals surface area contributed by atoms with Crippen LogP contribution in [0, 0.1) is 5.82 Å². The first-order valence-electron chi connectivity index (χ1n) is 9.04. The molecule has 2 fully saturated rings. The zero-order valence-electron chi connectivity index (χ0n) is 14.6. The Kier molecular flexibility index (Phi) is 4.61. The highest BCUT2D eigenvalue weighted by atomic mass is 19.1. The Labute approximate surface area is 146 Å². The van der Waals surface area contributed by atoms with Gasteiger partial charge in [-0.3, -0.25) is 4.90 Å². The molecule has 0 saturated carbocycles. The summed E-state index contributed by atoms with van der Waals surface area (Å²) in [7, 11) is 2.06. The van der Waals surface area contributed by atoms with Crippen molar-refractivity contribution in [3.63, 3.8) is 0 Å². The lowest BCUT2D eigenvalue weighted by Crippen LogP contribution is -2.36. The second kappa shape index (κ2) is 7.03. The topological polar surface area (TPSA) is 63.0 Å². The van der Waals surface area contributed by atoms with E-state index in [-0.39, 0.29) is 0 Å². The Balaban J connectivity index is 1.47. The van der Waals surface area contributed by atoms with E-state index in [1.54, 1.807) is 0 Å². The van der Waals surface area contributed by atoms with Gasteiger partial charge in [-0.15, -0.1) is 10.2 Å². The lowest BCUT2D eigenvalue weighted by atomic mass is 9.97. The second-order valence-electron chi connectivity index (χ2n) is 7.00. The molecule has 0 bridgehead atoms. The molecule has 1 unspecified atom stereocenters. The Bertz CT molecular complexity index is 708. The van der Waals surface area contributed by atoms with Gasteiger partial charge in [0.1, 0.15) is 11.6 Å². The van der Waals surface area contributed by atoms with Crippen LogP contribution in [0.25, 0.3) is 0 Å². The van der Waals surface area contributed by atoms with Gasteiger partial charge in [-0.1, -0.05) is 0 Å². The maximum atomic E-state index is 13.0. The van der Waals surface area contributed by atoms with Crippen molar-refractivity contribution >= 4 is 5.95 Å². The summed E-state index contributed by atoms with van der Waals surface area (Å²) in [5.41, 5.74) is 0. The highest BCUT2D eigenvalue weighted by Crippen LogP contribution is 2.28. The molecule has 25 heavy (non-hydrogen) atoms. The van der Waals surface area contributed by atoms with Gasteiger partial charge in [0.25, 0.3) is 0 Å². The fourth-order valence-electron chi connectivity index (χ4n) is 3.85. The van der Waals surface area contributed by atoms with Crippen LogP contribution in [0.4, 0.5) is 10.3 Å². The van der Waals surface area contributed by atoms with E-state index >= 15 is 0 Å². The summed E-state index contributed by atoms with van der Waals surface area (Å²) in [6.45, 7) is 4.87. The summed E-state index contributed by atoms with van der Waals surface area (Å²) in [6.07, 6.45) is 7.12. The van der Waals surface area contributed by atoms with Crippen molar-refractivity contribution in [1.29, 1.82) is 0 Å². The minimum atomic E-state index is -0.405. The SMILES string of the molecule is Cn1c(CN2CCCC2)nnc1C1CCCN(c2ncc(F)cn2)C1. The number of halogens is 1. The fraction of sp³-hybridized carbons (Fsp3) is 0.647. The fourth-order valence-corrected chi connectivity index (χ4v) is 3.85. The van der Waals surface area contributed by atoms with Gasteiger partial charge in [-0.2, -0.15) is 0 Å². The van der Waals surface area contributed by atoms with E-state index in [9.17, 15) is 4.39 Å². The van der Waals surface area contributed by atoms with Crippen molar-refractivity contribution in [2.75, 3.05) is 31.1 Å². The number of likely N-dealkylation sites (tertiary alicyclic amines) is 1. The van der Waals surface area contributed by atoms with E-state index in [0.717, 1.165) is 57.2 Å². The van der Waals surface area contributed by atoms with Gasteiger partial charge >= 0.3 is 0 Å². The Morgan fingerprint density at radius 3 is 2.60 bits per heavy atom. The lowest BCUT2D eigenvalue weighted by Gasteiger charge is -2.32. The van der Waals surface area contributed by atoms with Crippen LogP contribution in [0.1, 0.15) is 43.3 Å². The third-order valence-electron chi connectivity index (χ3n) is 5.24. The van der Waals surface area contributed by atoms with Crippen molar-refractivity contribution < 1.29 is 4.39 Å². The lowest BCUT2D eigenvalue weighted by molar-refractivity contribution is 0.317. The second-order valence-corrected chi connectivity index (χ2v) is 7.00. The molecule has 134 valence electrons. The first kappa shape index (κ1) is 16.4. The van der Waals surface area contributed by atoms with Crippen LogP contribution < -0.4 is 4.90 Å². The van der Waals surface area contributed by atoms with E-state index in [1.165, 1.54) is 25.2 Å². The third kappa shape index (κ3) is 3.49. The molecule has 0 spiro atoms. The maximum absolute atomic E-state index is 13.0. The Morgan fingerprint density at radius 2 is 1.84 bits per heavy atom. The van der Waals surface area contributed by atoms with Crippen molar-refractivity contribution in [3.8, 4) is 0 Å². The summed E-state index contributed by atoms with van der Waals surface area (Å²) in [6, 6.07) is 0. The molecule has 2 aromatic heterocycles. The van der Waals surface area contributed by atoms with E-state index in [4.69, 9.17) is 0 Å². The summed E-state index contributed by atoms with van der Waals surface area (Å²) < 4.78 is 15.2. The number of piperidine rings is 1. The van der Waals surface area contributed by atoms with Crippen LogP contribution in [-0.2, 0) is 13.6 Å². The van der Waals surface area contributed by atoms with E-state index in [2.05, 4.69) is 41.6 Å². The maximum Gasteiger partial charge on any atom is 0.225 e. The monoisotopic (exact) mass is 345 g/mol. The standard InChI is InChI=1S/C17H24FN7/c1-23-15(12-24-6-2-3-7-24)21-22-16(23)13-5-4-8-25(11-13)17-19-9-14(18)10-20-17/h9-10,13H,2-8,11-12H2,1H3. The molecule has 1 atom stereocenters. The van der Waals surface area contributed by atoms with Gasteiger partial charge in [0.2, 0.25) is 5.95 Å². The van der Waals surface area contributed by atoms with Crippen LogP contribution in [0.5, 0.6) is 0 Å². The predicted molar refractivity (Wildman–Crippen MR) is 91.7 cm³/mol. The van der Waals surface area contributed by atoms with Crippen molar-refractivity contribution in [2.45, 2.75) is 38.1 Å².